The van der Waals surface area contributed by atoms with Gasteiger partial charge in [-0.3, -0.25) is 0 Å². The van der Waals surface area contributed by atoms with E-state index in [-0.39, 0.29) is 0 Å². The number of rotatable bonds is 1. The minimum absolute atomic E-state index is 0.622. The van der Waals surface area contributed by atoms with Crippen molar-refractivity contribution in [2.45, 2.75) is 0 Å². The van der Waals surface area contributed by atoms with Crippen LogP contribution in [0, 0.1) is 0 Å². The van der Waals surface area contributed by atoms with Crippen molar-refractivity contribution in [2.24, 2.45) is 0 Å². The molecule has 1 aromatic carbocycles. The molecule has 4 heteroatoms. The fourth-order valence-electron chi connectivity index (χ4n) is 1.49. The molecule has 4 nitrogen and oxygen atoms in total. The topological polar surface area (TPSA) is 43.1 Å². The minimum Gasteiger partial charge on any atom is -0.211 e. The van der Waals surface area contributed by atoms with Crippen LogP contribution in [0.25, 0.3) is 17.0 Å². The SMILES string of the molecule is c1ccc(-c2ccn3ncnc3n2)cc1. The number of hydrogen-bond acceptors (Lipinski definition) is 3. The third kappa shape index (κ3) is 1.36. The van der Waals surface area contributed by atoms with Crippen molar-refractivity contribution >= 4 is 5.78 Å². The summed E-state index contributed by atoms with van der Waals surface area (Å²) in [5, 5.41) is 4.00. The lowest BCUT2D eigenvalue weighted by molar-refractivity contribution is 0.941. The Morgan fingerprint density at radius 2 is 1.87 bits per heavy atom. The fraction of sp³-hybridized carbons (Fsp3) is 0. The maximum Gasteiger partial charge on any atom is 0.252 e. The van der Waals surface area contributed by atoms with Crippen LogP contribution in [0.5, 0.6) is 0 Å². The number of nitrogens with zero attached hydrogens (tertiary/aromatic N) is 4. The van der Waals surface area contributed by atoms with Gasteiger partial charge in [-0.25, -0.2) is 9.50 Å². The predicted octanol–water partition coefficient (Wildman–Crippen LogP) is 1.79. The molecule has 3 aromatic rings. The Bertz CT molecular complexity index is 586. The minimum atomic E-state index is 0.622. The molecule has 0 aliphatic heterocycles. The summed E-state index contributed by atoms with van der Waals surface area (Å²) < 4.78 is 1.65. The van der Waals surface area contributed by atoms with Gasteiger partial charge < -0.3 is 0 Å². The molecule has 72 valence electrons. The predicted molar refractivity (Wildman–Crippen MR) is 56.2 cm³/mol. The first-order chi connectivity index (χ1) is 7.43. The Hall–Kier alpha value is -2.23. The number of benzene rings is 1. The molecule has 2 aromatic heterocycles. The smallest absolute Gasteiger partial charge is 0.211 e. The van der Waals surface area contributed by atoms with E-state index >= 15 is 0 Å². The van der Waals surface area contributed by atoms with Gasteiger partial charge in [-0.1, -0.05) is 30.3 Å². The molecule has 0 aliphatic rings. The third-order valence-corrected chi connectivity index (χ3v) is 2.22. The Labute approximate surface area is 86.2 Å². The molecular weight excluding hydrogens is 188 g/mol. The van der Waals surface area contributed by atoms with E-state index in [1.54, 1.807) is 4.52 Å². The summed E-state index contributed by atoms with van der Waals surface area (Å²) in [6, 6.07) is 11.9. The first-order valence-corrected chi connectivity index (χ1v) is 4.65. The number of fused-ring (bicyclic) bond motifs is 1. The Morgan fingerprint density at radius 1 is 1.00 bits per heavy atom. The third-order valence-electron chi connectivity index (χ3n) is 2.22. The molecule has 0 radical (unpaired) electrons. The van der Waals surface area contributed by atoms with Crippen LogP contribution in [-0.4, -0.2) is 19.6 Å². The molecule has 0 saturated carbocycles. The molecular formula is C11H8N4. The quantitative estimate of drug-likeness (QED) is 0.596. The number of hydrogen-bond donors (Lipinski definition) is 0. The van der Waals surface area contributed by atoms with E-state index in [9.17, 15) is 0 Å². The highest BCUT2D eigenvalue weighted by atomic mass is 15.3. The van der Waals surface area contributed by atoms with E-state index < -0.39 is 0 Å². The summed E-state index contributed by atoms with van der Waals surface area (Å²) in [4.78, 5) is 8.44. The molecule has 0 N–H and O–H groups in total. The van der Waals surface area contributed by atoms with Crippen LogP contribution in [0.15, 0.2) is 48.9 Å². The molecule has 0 aliphatic carbocycles. The van der Waals surface area contributed by atoms with Gasteiger partial charge in [0.05, 0.1) is 5.69 Å². The summed E-state index contributed by atoms with van der Waals surface area (Å²) in [5.41, 5.74) is 2.00. The standard InChI is InChI=1S/C11H8N4/c1-2-4-9(5-3-1)10-6-7-15-11(14-10)12-8-13-15/h1-8H. The normalized spacial score (nSPS) is 10.7. The fourth-order valence-corrected chi connectivity index (χ4v) is 1.49. The van der Waals surface area contributed by atoms with Crippen LogP contribution in [0.2, 0.25) is 0 Å². The molecule has 0 saturated heterocycles. The molecule has 0 bridgehead atoms. The van der Waals surface area contributed by atoms with Crippen LogP contribution in [0.3, 0.4) is 0 Å². The molecule has 2 heterocycles. The van der Waals surface area contributed by atoms with Crippen molar-refractivity contribution < 1.29 is 0 Å². The molecule has 0 atom stereocenters. The molecule has 0 unspecified atom stereocenters. The van der Waals surface area contributed by atoms with Gasteiger partial charge in [-0.05, 0) is 6.07 Å². The van der Waals surface area contributed by atoms with E-state index in [0.29, 0.717) is 5.78 Å². The molecule has 15 heavy (non-hydrogen) atoms. The van der Waals surface area contributed by atoms with Gasteiger partial charge in [0.15, 0.2) is 0 Å². The second-order valence-corrected chi connectivity index (χ2v) is 3.18. The van der Waals surface area contributed by atoms with Crippen LogP contribution < -0.4 is 0 Å². The van der Waals surface area contributed by atoms with E-state index in [4.69, 9.17) is 0 Å². The summed E-state index contributed by atoms with van der Waals surface area (Å²) in [6.07, 6.45) is 3.36. The average molecular weight is 196 g/mol. The highest BCUT2D eigenvalue weighted by molar-refractivity contribution is 5.59. The zero-order valence-corrected chi connectivity index (χ0v) is 7.91. The van der Waals surface area contributed by atoms with Crippen LogP contribution in [0.1, 0.15) is 0 Å². The Morgan fingerprint density at radius 3 is 2.73 bits per heavy atom. The summed E-state index contributed by atoms with van der Waals surface area (Å²) >= 11 is 0. The van der Waals surface area contributed by atoms with Crippen molar-refractivity contribution in [3.63, 3.8) is 0 Å². The van der Waals surface area contributed by atoms with Gasteiger partial charge in [0.2, 0.25) is 0 Å². The Kier molecular flexibility index (Phi) is 1.71. The van der Waals surface area contributed by atoms with E-state index in [2.05, 4.69) is 15.1 Å². The maximum atomic E-state index is 4.39. The van der Waals surface area contributed by atoms with Crippen molar-refractivity contribution in [3.05, 3.63) is 48.9 Å². The highest BCUT2D eigenvalue weighted by Crippen LogP contribution is 2.15. The van der Waals surface area contributed by atoms with Crippen molar-refractivity contribution in [3.8, 4) is 11.3 Å². The highest BCUT2D eigenvalue weighted by Gasteiger charge is 2.01. The molecule has 0 spiro atoms. The van der Waals surface area contributed by atoms with Gasteiger partial charge >= 0.3 is 0 Å². The average Bonchev–Trinajstić information content (AvgIpc) is 2.77. The van der Waals surface area contributed by atoms with Gasteiger partial charge in [0.25, 0.3) is 5.78 Å². The maximum absolute atomic E-state index is 4.39. The molecule has 3 rings (SSSR count). The number of aromatic nitrogens is 4. The zero-order chi connectivity index (χ0) is 10.1. The monoisotopic (exact) mass is 196 g/mol. The van der Waals surface area contributed by atoms with Crippen LogP contribution in [0.4, 0.5) is 0 Å². The van der Waals surface area contributed by atoms with Gasteiger partial charge in [0, 0.05) is 11.8 Å². The van der Waals surface area contributed by atoms with Gasteiger partial charge in [-0.2, -0.15) is 10.1 Å². The summed E-state index contributed by atoms with van der Waals surface area (Å²) in [5.74, 6) is 0.622. The summed E-state index contributed by atoms with van der Waals surface area (Å²) in [6.45, 7) is 0. The van der Waals surface area contributed by atoms with Crippen LogP contribution in [-0.2, 0) is 0 Å². The van der Waals surface area contributed by atoms with E-state index in [1.807, 2.05) is 42.6 Å². The first kappa shape index (κ1) is 8.11. The zero-order valence-electron chi connectivity index (χ0n) is 7.91. The van der Waals surface area contributed by atoms with E-state index in [1.165, 1.54) is 6.33 Å². The second kappa shape index (κ2) is 3.16. The van der Waals surface area contributed by atoms with Crippen LogP contribution >= 0.6 is 0 Å². The first-order valence-electron chi connectivity index (χ1n) is 4.65. The molecule has 0 fully saturated rings. The largest absolute Gasteiger partial charge is 0.252 e. The van der Waals surface area contributed by atoms with Gasteiger partial charge in [-0.15, -0.1) is 0 Å². The van der Waals surface area contributed by atoms with Crippen molar-refractivity contribution in [2.75, 3.05) is 0 Å². The lowest BCUT2D eigenvalue weighted by Crippen LogP contribution is -1.91. The molecule has 0 amide bonds. The van der Waals surface area contributed by atoms with Gasteiger partial charge in [0.1, 0.15) is 6.33 Å². The lowest BCUT2D eigenvalue weighted by Gasteiger charge is -1.99. The summed E-state index contributed by atoms with van der Waals surface area (Å²) in [7, 11) is 0. The Balaban J connectivity index is 2.19. The van der Waals surface area contributed by atoms with Crippen molar-refractivity contribution in [1.29, 1.82) is 0 Å². The lowest BCUT2D eigenvalue weighted by atomic mass is 10.1. The van der Waals surface area contributed by atoms with E-state index in [0.717, 1.165) is 11.3 Å². The van der Waals surface area contributed by atoms with Crippen molar-refractivity contribution in [1.82, 2.24) is 19.6 Å². The second-order valence-electron chi connectivity index (χ2n) is 3.18.